The Morgan fingerprint density at radius 3 is 2.77 bits per heavy atom. The van der Waals surface area contributed by atoms with Crippen molar-refractivity contribution in [3.63, 3.8) is 0 Å². The summed E-state index contributed by atoms with van der Waals surface area (Å²) in [6, 6.07) is 2.32. The van der Waals surface area contributed by atoms with Gasteiger partial charge in [0.25, 0.3) is 0 Å². The van der Waals surface area contributed by atoms with Gasteiger partial charge in [-0.2, -0.15) is 9.37 Å². The van der Waals surface area contributed by atoms with E-state index in [2.05, 4.69) is 37.3 Å². The fourth-order valence-corrected chi connectivity index (χ4v) is 4.95. The number of nitrogens with zero attached hydrogens (tertiary/aromatic N) is 6. The number of nitrogens with one attached hydrogen (secondary N) is 2. The third-order valence-electron chi connectivity index (χ3n) is 7.53. The molecule has 2 N–H and O–H groups in total. The first-order valence-electron chi connectivity index (χ1n) is 14.7. The predicted molar refractivity (Wildman–Crippen MR) is 163 cm³/mol. The summed E-state index contributed by atoms with van der Waals surface area (Å²) in [6.07, 6.45) is 9.84. The van der Waals surface area contributed by atoms with Gasteiger partial charge in [0, 0.05) is 62.7 Å². The van der Waals surface area contributed by atoms with Crippen LogP contribution in [-0.4, -0.2) is 103 Å². The Balaban J connectivity index is 1.41. The molecule has 3 atom stereocenters. The molecule has 0 radical (unpaired) electrons. The van der Waals surface area contributed by atoms with E-state index in [9.17, 15) is 14.0 Å². The van der Waals surface area contributed by atoms with Crippen molar-refractivity contribution < 1.29 is 18.7 Å². The molecular formula is C31H41FN8O3. The standard InChI is InChI=1S/C31H41FN8O3/c1-22(39(4)28(41)9-6-14-38(2)3)30(42)35-25-8-5-7-23(19-25)10-11-24-21-34-31(36-26-12-13-33-27(32)20-26)37-29(24)40-15-17-43-18-16-40/h6,9,12-13,20-23,25H,5,7-8,14-19H2,1-4H3,(H,35,42)(H,33,34,36,37)/t22-,23-,25-/m0/s1. The van der Waals surface area contributed by atoms with Crippen molar-refractivity contribution in [1.82, 2.24) is 30.1 Å². The van der Waals surface area contributed by atoms with E-state index in [0.29, 0.717) is 55.9 Å². The van der Waals surface area contributed by atoms with Crippen LogP contribution in [0.1, 0.15) is 38.2 Å². The van der Waals surface area contributed by atoms with Crippen molar-refractivity contribution >= 4 is 29.3 Å². The zero-order chi connectivity index (χ0) is 30.8. The average molecular weight is 593 g/mol. The first-order valence-corrected chi connectivity index (χ1v) is 14.7. The minimum absolute atomic E-state index is 0.0157. The summed E-state index contributed by atoms with van der Waals surface area (Å²) < 4.78 is 19.1. The lowest BCUT2D eigenvalue weighted by atomic mass is 9.86. The number of morpholine rings is 1. The van der Waals surface area contributed by atoms with Crippen molar-refractivity contribution in [2.75, 3.05) is 64.2 Å². The van der Waals surface area contributed by atoms with Crippen LogP contribution in [0.3, 0.4) is 0 Å². The van der Waals surface area contributed by atoms with Gasteiger partial charge >= 0.3 is 0 Å². The highest BCUT2D eigenvalue weighted by atomic mass is 19.1. The van der Waals surface area contributed by atoms with Gasteiger partial charge in [0.15, 0.2) is 0 Å². The summed E-state index contributed by atoms with van der Waals surface area (Å²) in [4.78, 5) is 43.7. The summed E-state index contributed by atoms with van der Waals surface area (Å²) in [5.41, 5.74) is 1.20. The smallest absolute Gasteiger partial charge is 0.246 e. The molecule has 0 bridgehead atoms. The normalized spacial score (nSPS) is 19.4. The second-order valence-corrected chi connectivity index (χ2v) is 11.2. The minimum atomic E-state index is -0.592. The number of anilines is 3. The number of halogens is 1. The Morgan fingerprint density at radius 2 is 2.02 bits per heavy atom. The lowest BCUT2D eigenvalue weighted by molar-refractivity contribution is -0.135. The Bertz CT molecular complexity index is 1350. The summed E-state index contributed by atoms with van der Waals surface area (Å²) in [5, 5.41) is 6.18. The van der Waals surface area contributed by atoms with Crippen LogP contribution in [0.5, 0.6) is 0 Å². The Hall–Kier alpha value is -4.08. The zero-order valence-corrected chi connectivity index (χ0v) is 25.3. The van der Waals surface area contributed by atoms with E-state index in [0.717, 1.165) is 25.7 Å². The molecule has 3 heterocycles. The van der Waals surface area contributed by atoms with E-state index < -0.39 is 12.0 Å². The zero-order valence-electron chi connectivity index (χ0n) is 25.3. The third kappa shape index (κ3) is 9.46. The van der Waals surface area contributed by atoms with Crippen LogP contribution < -0.4 is 15.5 Å². The fraction of sp³-hybridized carbons (Fsp3) is 0.516. The maximum Gasteiger partial charge on any atom is 0.246 e. The van der Waals surface area contributed by atoms with Crippen molar-refractivity contribution in [1.29, 1.82) is 0 Å². The predicted octanol–water partition coefficient (Wildman–Crippen LogP) is 2.58. The SMILES string of the molecule is C[C@@H](C(=O)N[C@H]1CCC[C@@H](C#Cc2cnc(Nc3ccnc(F)c3)nc2N2CCOCC2)C1)N(C)C(=O)C=CCN(C)C. The van der Waals surface area contributed by atoms with E-state index >= 15 is 0 Å². The van der Waals surface area contributed by atoms with Gasteiger partial charge in [-0.1, -0.05) is 24.3 Å². The molecule has 1 aliphatic carbocycles. The maximum absolute atomic E-state index is 13.6. The molecule has 2 aromatic rings. The van der Waals surface area contributed by atoms with Gasteiger partial charge in [-0.3, -0.25) is 9.59 Å². The molecule has 1 saturated carbocycles. The van der Waals surface area contributed by atoms with Gasteiger partial charge in [0.2, 0.25) is 23.7 Å². The summed E-state index contributed by atoms with van der Waals surface area (Å²) in [7, 11) is 5.50. The van der Waals surface area contributed by atoms with Crippen LogP contribution in [-0.2, 0) is 14.3 Å². The molecule has 11 nitrogen and oxygen atoms in total. The largest absolute Gasteiger partial charge is 0.378 e. The van der Waals surface area contributed by atoms with E-state index in [-0.39, 0.29) is 23.8 Å². The third-order valence-corrected chi connectivity index (χ3v) is 7.53. The van der Waals surface area contributed by atoms with E-state index in [1.54, 1.807) is 32.3 Å². The highest BCUT2D eigenvalue weighted by Gasteiger charge is 2.27. The number of pyridine rings is 1. The van der Waals surface area contributed by atoms with Crippen LogP contribution in [0.25, 0.3) is 0 Å². The van der Waals surface area contributed by atoms with Crippen molar-refractivity contribution in [3.05, 3.63) is 48.2 Å². The number of hydrogen-bond acceptors (Lipinski definition) is 9. The number of ether oxygens (including phenoxy) is 1. The molecule has 230 valence electrons. The highest BCUT2D eigenvalue weighted by Crippen LogP contribution is 2.26. The van der Waals surface area contributed by atoms with Crippen LogP contribution >= 0.6 is 0 Å². The van der Waals surface area contributed by atoms with Gasteiger partial charge in [-0.05, 0) is 46.3 Å². The summed E-state index contributed by atoms with van der Waals surface area (Å²) in [6.45, 7) is 4.92. The van der Waals surface area contributed by atoms with Crippen LogP contribution in [0, 0.1) is 23.7 Å². The fourth-order valence-electron chi connectivity index (χ4n) is 4.95. The lowest BCUT2D eigenvalue weighted by Crippen LogP contribution is -2.49. The van der Waals surface area contributed by atoms with Crippen molar-refractivity contribution in [2.45, 2.75) is 44.7 Å². The second-order valence-electron chi connectivity index (χ2n) is 11.2. The number of carbonyl (C=O) groups excluding carboxylic acids is 2. The summed E-state index contributed by atoms with van der Waals surface area (Å²) in [5.74, 6) is 6.87. The first kappa shape index (κ1) is 31.8. The van der Waals surface area contributed by atoms with Gasteiger partial charge in [-0.25, -0.2) is 9.97 Å². The molecule has 43 heavy (non-hydrogen) atoms. The van der Waals surface area contributed by atoms with E-state index in [4.69, 9.17) is 9.72 Å². The monoisotopic (exact) mass is 592 g/mol. The van der Waals surface area contributed by atoms with Crippen LogP contribution in [0.15, 0.2) is 36.7 Å². The molecule has 2 aliphatic rings. The van der Waals surface area contributed by atoms with Crippen molar-refractivity contribution in [3.8, 4) is 11.8 Å². The van der Waals surface area contributed by atoms with Gasteiger partial charge in [0.05, 0.1) is 25.0 Å². The number of likely N-dealkylation sites (N-methyl/N-ethyl adjacent to an activating group) is 2. The topological polar surface area (TPSA) is 116 Å². The first-order chi connectivity index (χ1) is 20.7. The second kappa shape index (κ2) is 15.4. The Morgan fingerprint density at radius 1 is 1.23 bits per heavy atom. The summed E-state index contributed by atoms with van der Waals surface area (Å²) >= 11 is 0. The minimum Gasteiger partial charge on any atom is -0.378 e. The quantitative estimate of drug-likeness (QED) is 0.258. The Kier molecular flexibility index (Phi) is 11.4. The van der Waals surface area contributed by atoms with Gasteiger partial charge < -0.3 is 30.1 Å². The molecule has 1 saturated heterocycles. The van der Waals surface area contributed by atoms with Gasteiger partial charge in [0.1, 0.15) is 11.9 Å². The molecule has 4 rings (SSSR count). The Labute approximate surface area is 252 Å². The van der Waals surface area contributed by atoms with Crippen LogP contribution in [0.2, 0.25) is 0 Å². The molecule has 0 unspecified atom stereocenters. The number of amides is 2. The van der Waals surface area contributed by atoms with Gasteiger partial charge in [-0.15, -0.1) is 0 Å². The van der Waals surface area contributed by atoms with E-state index in [1.807, 2.05) is 19.0 Å². The molecule has 12 heteroatoms. The molecule has 0 aromatic carbocycles. The molecule has 1 aliphatic heterocycles. The molecule has 0 spiro atoms. The van der Waals surface area contributed by atoms with E-state index in [1.165, 1.54) is 23.2 Å². The molecular weight excluding hydrogens is 551 g/mol. The van der Waals surface area contributed by atoms with Crippen molar-refractivity contribution in [2.24, 2.45) is 5.92 Å². The number of carbonyl (C=O) groups is 2. The highest BCUT2D eigenvalue weighted by molar-refractivity contribution is 5.92. The lowest BCUT2D eigenvalue weighted by Gasteiger charge is -2.30. The number of rotatable bonds is 9. The number of aromatic nitrogens is 3. The number of hydrogen-bond donors (Lipinski definition) is 2. The molecule has 2 fully saturated rings. The van der Waals surface area contributed by atoms with Crippen LogP contribution in [0.4, 0.5) is 21.8 Å². The average Bonchev–Trinajstić information content (AvgIpc) is 3.00. The molecule has 2 aromatic heterocycles. The molecule has 2 amide bonds. The maximum atomic E-state index is 13.6.